The highest BCUT2D eigenvalue weighted by Crippen LogP contribution is 2.03. The summed E-state index contributed by atoms with van der Waals surface area (Å²) in [6, 6.07) is 4.07. The Kier molecular flexibility index (Phi) is 4.67. The Morgan fingerprint density at radius 1 is 1.08 bits per heavy atom. The van der Waals surface area contributed by atoms with Crippen LogP contribution in [0.1, 0.15) is 0 Å². The zero-order chi connectivity index (χ0) is 8.10. The minimum Gasteiger partial charge on any atom is -0.345 e. The molecule has 0 saturated heterocycles. The van der Waals surface area contributed by atoms with Crippen LogP contribution < -0.4 is 0 Å². The summed E-state index contributed by atoms with van der Waals surface area (Å²) in [4.78, 5) is 3.69. The van der Waals surface area contributed by atoms with E-state index in [0.717, 1.165) is 0 Å². The van der Waals surface area contributed by atoms with Gasteiger partial charge >= 0.3 is 0 Å². The molecule has 0 spiro atoms. The maximum Gasteiger partial charge on any atom is 0.107 e. The smallest absolute Gasteiger partial charge is 0.107 e. The maximum atomic E-state index is 8.33. The molecule has 0 unspecified atom stereocenters. The average Bonchev–Trinajstić information content (AvgIpc) is 2.38. The molecule has 0 aromatic heterocycles. The lowest BCUT2D eigenvalue weighted by Crippen LogP contribution is -2.25. The second-order valence-corrected chi connectivity index (χ2v) is 2.25. The third kappa shape index (κ3) is 2.69. The predicted molar refractivity (Wildman–Crippen MR) is 45.9 cm³/mol. The first-order valence-electron chi connectivity index (χ1n) is 3.27. The van der Waals surface area contributed by atoms with Crippen molar-refractivity contribution in [2.75, 3.05) is 19.8 Å². The zero-order valence-corrected chi connectivity index (χ0v) is 7.29. The van der Waals surface area contributed by atoms with Gasteiger partial charge in [-0.05, 0) is 0 Å². The molecular weight excluding hydrogens is 176 g/mol. The highest BCUT2D eigenvalue weighted by atomic mass is 35.5. The number of nitrogens with zero attached hydrogens (tertiary/aromatic N) is 4. The van der Waals surface area contributed by atoms with Gasteiger partial charge in [-0.25, -0.2) is 0 Å². The molecule has 1 aliphatic heterocycles. The van der Waals surface area contributed by atoms with Gasteiger partial charge < -0.3 is 9.80 Å². The second-order valence-electron chi connectivity index (χ2n) is 2.25. The molecule has 64 valence electrons. The molecule has 0 atom stereocenters. The van der Waals surface area contributed by atoms with E-state index in [1.54, 1.807) is 0 Å². The van der Waals surface area contributed by atoms with Gasteiger partial charge in [-0.15, -0.1) is 12.4 Å². The number of hydrogen-bond acceptors (Lipinski definition) is 4. The van der Waals surface area contributed by atoms with Gasteiger partial charge in [0.05, 0.1) is 18.8 Å². The van der Waals surface area contributed by atoms with Crippen LogP contribution in [0.25, 0.3) is 0 Å². The van der Waals surface area contributed by atoms with Gasteiger partial charge in [0.15, 0.2) is 0 Å². The molecule has 0 bridgehead atoms. The highest BCUT2D eigenvalue weighted by molar-refractivity contribution is 5.85. The fraction of sp³-hybridized carbons (Fsp3) is 0.429. The van der Waals surface area contributed by atoms with E-state index in [0.29, 0.717) is 19.8 Å². The van der Waals surface area contributed by atoms with E-state index in [1.165, 1.54) is 0 Å². The molecule has 4 nitrogen and oxygen atoms in total. The Balaban J connectivity index is 0.00000121. The molecule has 1 aliphatic rings. The summed E-state index contributed by atoms with van der Waals surface area (Å²) >= 11 is 0. The van der Waals surface area contributed by atoms with Gasteiger partial charge in [-0.2, -0.15) is 10.5 Å². The molecule has 5 heteroatoms. The minimum absolute atomic E-state index is 0. The fourth-order valence-corrected chi connectivity index (χ4v) is 0.903. The molecule has 1 heterocycles. The first-order valence-corrected chi connectivity index (χ1v) is 3.27. The van der Waals surface area contributed by atoms with Crippen molar-refractivity contribution >= 4 is 12.4 Å². The van der Waals surface area contributed by atoms with Crippen LogP contribution in [-0.2, 0) is 0 Å². The number of halogens is 1. The molecule has 0 radical (unpaired) electrons. The average molecular weight is 185 g/mol. The summed E-state index contributed by atoms with van der Waals surface area (Å²) in [5.41, 5.74) is 0. The van der Waals surface area contributed by atoms with Crippen LogP contribution in [0.15, 0.2) is 12.4 Å². The molecule has 0 aliphatic carbocycles. The number of rotatable bonds is 2. The van der Waals surface area contributed by atoms with Crippen molar-refractivity contribution in [3.05, 3.63) is 12.4 Å². The first kappa shape index (κ1) is 10.6. The Morgan fingerprint density at radius 3 is 1.83 bits per heavy atom. The molecule has 1 rings (SSSR count). The predicted octanol–water partition coefficient (Wildman–Crippen LogP) is 0.502. The normalized spacial score (nSPS) is 13.5. The standard InChI is InChI=1S/C7H8N4.ClH/c8-1-3-10-5-6-11(7-10)4-2-9;/h5-6H,3-4,7H2;1H. The van der Waals surface area contributed by atoms with Crippen molar-refractivity contribution in [3.8, 4) is 12.1 Å². The van der Waals surface area contributed by atoms with Crippen LogP contribution in [-0.4, -0.2) is 29.6 Å². The lowest BCUT2D eigenvalue weighted by atomic mass is 10.6. The van der Waals surface area contributed by atoms with Gasteiger partial charge in [0.1, 0.15) is 13.1 Å². The molecule has 0 amide bonds. The first-order chi connectivity index (χ1) is 5.36. The summed E-state index contributed by atoms with van der Waals surface area (Å²) in [5.74, 6) is 0. The Labute approximate surface area is 77.7 Å². The fourth-order valence-electron chi connectivity index (χ4n) is 0.903. The summed E-state index contributed by atoms with van der Waals surface area (Å²) < 4.78 is 0. The van der Waals surface area contributed by atoms with E-state index >= 15 is 0 Å². The molecule has 0 aromatic carbocycles. The van der Waals surface area contributed by atoms with Crippen molar-refractivity contribution in [3.63, 3.8) is 0 Å². The van der Waals surface area contributed by atoms with Gasteiger partial charge in [-0.3, -0.25) is 0 Å². The highest BCUT2D eigenvalue weighted by Gasteiger charge is 2.09. The number of hydrogen-bond donors (Lipinski definition) is 0. The van der Waals surface area contributed by atoms with Crippen LogP contribution in [0.5, 0.6) is 0 Å². The Morgan fingerprint density at radius 2 is 1.50 bits per heavy atom. The third-order valence-electron chi connectivity index (χ3n) is 1.40. The van der Waals surface area contributed by atoms with Crippen LogP contribution in [0.3, 0.4) is 0 Å². The lowest BCUT2D eigenvalue weighted by Gasteiger charge is -2.15. The zero-order valence-electron chi connectivity index (χ0n) is 6.47. The van der Waals surface area contributed by atoms with E-state index < -0.39 is 0 Å². The van der Waals surface area contributed by atoms with Crippen molar-refractivity contribution in [1.29, 1.82) is 10.5 Å². The summed E-state index contributed by atoms with van der Waals surface area (Å²) in [5, 5.41) is 16.7. The van der Waals surface area contributed by atoms with Gasteiger partial charge in [0.25, 0.3) is 0 Å². The summed E-state index contributed by atoms with van der Waals surface area (Å²) in [7, 11) is 0. The second kappa shape index (κ2) is 5.29. The van der Waals surface area contributed by atoms with E-state index in [9.17, 15) is 0 Å². The molecule has 12 heavy (non-hydrogen) atoms. The maximum absolute atomic E-state index is 8.33. The topological polar surface area (TPSA) is 54.1 Å². The summed E-state index contributed by atoms with van der Waals surface area (Å²) in [6.45, 7) is 1.43. The van der Waals surface area contributed by atoms with E-state index in [1.807, 2.05) is 34.3 Å². The largest absolute Gasteiger partial charge is 0.345 e. The molecule has 0 aromatic rings. The van der Waals surface area contributed by atoms with Crippen LogP contribution in [0.2, 0.25) is 0 Å². The van der Waals surface area contributed by atoms with Crippen molar-refractivity contribution < 1.29 is 0 Å². The van der Waals surface area contributed by atoms with Crippen molar-refractivity contribution in [2.24, 2.45) is 0 Å². The van der Waals surface area contributed by atoms with Crippen LogP contribution in [0.4, 0.5) is 0 Å². The molecule has 0 fully saturated rings. The van der Waals surface area contributed by atoms with E-state index in [-0.39, 0.29) is 12.4 Å². The number of nitriles is 2. The van der Waals surface area contributed by atoms with E-state index in [2.05, 4.69) is 0 Å². The van der Waals surface area contributed by atoms with Crippen LogP contribution >= 0.6 is 12.4 Å². The van der Waals surface area contributed by atoms with Gasteiger partial charge in [0.2, 0.25) is 0 Å². The molecule has 0 N–H and O–H groups in total. The van der Waals surface area contributed by atoms with Crippen molar-refractivity contribution in [2.45, 2.75) is 0 Å². The van der Waals surface area contributed by atoms with Gasteiger partial charge in [-0.1, -0.05) is 0 Å². The van der Waals surface area contributed by atoms with Gasteiger partial charge in [0, 0.05) is 12.4 Å². The SMILES string of the molecule is Cl.N#CCN1C=CN(CC#N)C1. The minimum atomic E-state index is 0. The van der Waals surface area contributed by atoms with E-state index in [4.69, 9.17) is 10.5 Å². The summed E-state index contributed by atoms with van der Waals surface area (Å²) in [6.07, 6.45) is 3.64. The molecule has 0 saturated carbocycles. The molecular formula is C7H9ClN4. The third-order valence-corrected chi connectivity index (χ3v) is 1.40. The van der Waals surface area contributed by atoms with Crippen molar-refractivity contribution in [1.82, 2.24) is 9.80 Å². The Bertz CT molecular complexity index is 213. The van der Waals surface area contributed by atoms with Crippen LogP contribution in [0, 0.1) is 22.7 Å². The Hall–Kier alpha value is -1.39. The quantitative estimate of drug-likeness (QED) is 0.587. The monoisotopic (exact) mass is 184 g/mol. The lowest BCUT2D eigenvalue weighted by molar-refractivity contribution is 0.304.